The van der Waals surface area contributed by atoms with E-state index in [1.54, 1.807) is 19.1 Å². The van der Waals surface area contributed by atoms with E-state index in [1.165, 1.54) is 23.2 Å². The fraction of sp³-hybridized carbons (Fsp3) is 0.278. The Labute approximate surface area is 158 Å². The average molecular weight is 422 g/mol. The molecule has 0 bridgehead atoms. The third-order valence-electron chi connectivity index (χ3n) is 4.44. The molecule has 1 aliphatic rings. The molecule has 0 saturated heterocycles. The first-order chi connectivity index (χ1) is 12.3. The molecule has 136 valence electrons. The van der Waals surface area contributed by atoms with E-state index in [-0.39, 0.29) is 29.1 Å². The molecule has 1 aliphatic carbocycles. The number of benzene rings is 1. The van der Waals surface area contributed by atoms with Crippen LogP contribution in [0.15, 0.2) is 34.9 Å². The summed E-state index contributed by atoms with van der Waals surface area (Å²) >= 11 is 3.27. The predicted octanol–water partition coefficient (Wildman–Crippen LogP) is 3.72. The van der Waals surface area contributed by atoms with E-state index >= 15 is 0 Å². The van der Waals surface area contributed by atoms with Gasteiger partial charge in [0.1, 0.15) is 17.4 Å². The quantitative estimate of drug-likeness (QED) is 0.718. The fourth-order valence-electron chi connectivity index (χ4n) is 3.09. The van der Waals surface area contributed by atoms with Crippen molar-refractivity contribution >= 4 is 33.6 Å². The molecule has 0 unspecified atom stereocenters. The van der Waals surface area contributed by atoms with Gasteiger partial charge in [0.2, 0.25) is 0 Å². The van der Waals surface area contributed by atoms with E-state index in [0.717, 1.165) is 4.47 Å². The number of phenols is 1. The van der Waals surface area contributed by atoms with Crippen molar-refractivity contribution in [3.63, 3.8) is 0 Å². The van der Waals surface area contributed by atoms with Crippen LogP contribution in [0.2, 0.25) is 0 Å². The summed E-state index contributed by atoms with van der Waals surface area (Å²) < 4.78 is 15.1. The summed E-state index contributed by atoms with van der Waals surface area (Å²) in [6.45, 7) is 1.67. The summed E-state index contributed by atoms with van der Waals surface area (Å²) in [7, 11) is 0. The molecule has 2 atom stereocenters. The summed E-state index contributed by atoms with van der Waals surface area (Å²) in [5, 5.41) is 10.4. The molecule has 3 N–H and O–H groups in total. The van der Waals surface area contributed by atoms with Crippen LogP contribution in [0.25, 0.3) is 0 Å². The minimum absolute atomic E-state index is 0.0395. The molecule has 6 nitrogen and oxygen atoms in total. The molecule has 26 heavy (non-hydrogen) atoms. The van der Waals surface area contributed by atoms with Gasteiger partial charge in [-0.3, -0.25) is 9.69 Å². The van der Waals surface area contributed by atoms with Gasteiger partial charge >= 0.3 is 6.03 Å². The number of aromatic hydroxyl groups is 1. The van der Waals surface area contributed by atoms with Gasteiger partial charge in [-0.25, -0.2) is 14.2 Å². The number of phenolic OH excluding ortho intramolecular Hbond substituents is 1. The molecule has 0 radical (unpaired) electrons. The number of amides is 2. The highest BCUT2D eigenvalue weighted by atomic mass is 79.9. The Hall–Kier alpha value is -2.48. The van der Waals surface area contributed by atoms with Crippen LogP contribution < -0.4 is 10.6 Å². The van der Waals surface area contributed by atoms with Gasteiger partial charge in [0.25, 0.3) is 0 Å². The van der Waals surface area contributed by atoms with Gasteiger partial charge in [-0.05, 0) is 46.6 Å². The van der Waals surface area contributed by atoms with Crippen molar-refractivity contribution in [2.24, 2.45) is 5.73 Å². The molecule has 3 rings (SSSR count). The van der Waals surface area contributed by atoms with Crippen LogP contribution in [0, 0.1) is 5.82 Å². The number of anilines is 1. The summed E-state index contributed by atoms with van der Waals surface area (Å²) in [5.41, 5.74) is 5.61. The van der Waals surface area contributed by atoms with Crippen LogP contribution in [0.1, 0.15) is 41.6 Å². The highest BCUT2D eigenvalue weighted by Gasteiger charge is 2.48. The first-order valence-corrected chi connectivity index (χ1v) is 8.89. The number of pyridine rings is 1. The van der Waals surface area contributed by atoms with Gasteiger partial charge in [0.05, 0.1) is 5.56 Å². The molecule has 0 spiro atoms. The number of rotatable bonds is 5. The van der Waals surface area contributed by atoms with E-state index < -0.39 is 23.8 Å². The Morgan fingerprint density at radius 2 is 2.12 bits per heavy atom. The van der Waals surface area contributed by atoms with Crippen molar-refractivity contribution in [2.45, 2.75) is 31.7 Å². The van der Waals surface area contributed by atoms with Gasteiger partial charge in [0.15, 0.2) is 5.78 Å². The van der Waals surface area contributed by atoms with E-state index in [1.807, 2.05) is 0 Å². The number of nitrogens with two attached hydrogens (primary N) is 1. The first-order valence-electron chi connectivity index (χ1n) is 8.09. The molecule has 8 heteroatoms. The second kappa shape index (κ2) is 7.03. The van der Waals surface area contributed by atoms with E-state index in [9.17, 15) is 19.1 Å². The number of hydrogen-bond acceptors (Lipinski definition) is 4. The second-order valence-corrected chi connectivity index (χ2v) is 7.00. The Balaban J connectivity index is 1.95. The first kappa shape index (κ1) is 18.3. The lowest BCUT2D eigenvalue weighted by molar-refractivity contribution is 0.0985. The third kappa shape index (κ3) is 3.29. The minimum atomic E-state index is -0.715. The zero-order valence-corrected chi connectivity index (χ0v) is 15.5. The lowest BCUT2D eigenvalue weighted by Gasteiger charge is -2.20. The lowest BCUT2D eigenvalue weighted by Crippen LogP contribution is -2.38. The maximum Gasteiger partial charge on any atom is 0.320 e. The van der Waals surface area contributed by atoms with Crippen molar-refractivity contribution in [2.75, 3.05) is 4.90 Å². The number of urea groups is 1. The maximum absolute atomic E-state index is 14.4. The molecule has 1 heterocycles. The Bertz CT molecular complexity index is 873. The van der Waals surface area contributed by atoms with Crippen LogP contribution >= 0.6 is 15.9 Å². The topological polar surface area (TPSA) is 96.5 Å². The number of carbonyl (C=O) groups is 2. The standard InChI is InChI=1S/C18H17BrFN3O3/c1-2-14(24)10-4-5-12(20)16(17(10)25)11-7-13(11)23(18(21)26)15-6-3-9(19)8-22-15/h3-6,8,11,13,25H,2,7H2,1H3,(H2,21,26)/t11-,13+/m0/s1. The van der Waals surface area contributed by atoms with Gasteiger partial charge in [-0.1, -0.05) is 6.92 Å². The summed E-state index contributed by atoms with van der Waals surface area (Å²) in [5.74, 6) is -1.37. The largest absolute Gasteiger partial charge is 0.507 e. The van der Waals surface area contributed by atoms with Crippen LogP contribution in [-0.2, 0) is 0 Å². The zero-order chi connectivity index (χ0) is 19.0. The summed E-state index contributed by atoms with van der Waals surface area (Å²) in [6, 6.07) is 4.63. The van der Waals surface area contributed by atoms with Gasteiger partial charge < -0.3 is 10.8 Å². The summed E-state index contributed by atoms with van der Waals surface area (Å²) in [4.78, 5) is 29.3. The van der Waals surface area contributed by atoms with Crippen LogP contribution in [0.5, 0.6) is 5.75 Å². The van der Waals surface area contributed by atoms with Crippen molar-refractivity contribution in [3.05, 3.63) is 51.9 Å². The van der Waals surface area contributed by atoms with E-state index in [2.05, 4.69) is 20.9 Å². The number of Topliss-reactive ketones (excluding diaryl/α,β-unsaturated/α-hetero) is 1. The van der Waals surface area contributed by atoms with Crippen LogP contribution in [0.4, 0.5) is 15.0 Å². The van der Waals surface area contributed by atoms with E-state index in [4.69, 9.17) is 5.73 Å². The molecule has 1 saturated carbocycles. The number of aromatic nitrogens is 1. The summed E-state index contributed by atoms with van der Waals surface area (Å²) in [6.07, 6.45) is 2.14. The molecule has 1 fully saturated rings. The number of carbonyl (C=O) groups excluding carboxylic acids is 2. The molecule has 2 amide bonds. The molecule has 1 aromatic carbocycles. The lowest BCUT2D eigenvalue weighted by atomic mass is 10.00. The Kier molecular flexibility index (Phi) is 4.95. The van der Waals surface area contributed by atoms with Gasteiger partial charge in [-0.15, -0.1) is 0 Å². The van der Waals surface area contributed by atoms with Crippen molar-refractivity contribution in [3.8, 4) is 5.75 Å². The predicted molar refractivity (Wildman–Crippen MR) is 97.8 cm³/mol. The zero-order valence-electron chi connectivity index (χ0n) is 13.9. The highest BCUT2D eigenvalue weighted by molar-refractivity contribution is 9.10. The van der Waals surface area contributed by atoms with Crippen LogP contribution in [0.3, 0.4) is 0 Å². The Morgan fingerprint density at radius 1 is 1.38 bits per heavy atom. The van der Waals surface area contributed by atoms with Crippen LogP contribution in [-0.4, -0.2) is 27.9 Å². The Morgan fingerprint density at radius 3 is 2.69 bits per heavy atom. The SMILES string of the molecule is CCC(=O)c1ccc(F)c([C@H]2C[C@H]2N(C(N)=O)c2ccc(Br)cn2)c1O. The number of halogens is 2. The molecule has 1 aromatic heterocycles. The highest BCUT2D eigenvalue weighted by Crippen LogP contribution is 2.50. The molecular formula is C18H17BrFN3O3. The third-order valence-corrected chi connectivity index (χ3v) is 4.91. The monoisotopic (exact) mass is 421 g/mol. The maximum atomic E-state index is 14.4. The number of hydrogen-bond donors (Lipinski definition) is 2. The smallest absolute Gasteiger partial charge is 0.320 e. The van der Waals surface area contributed by atoms with Gasteiger partial charge in [-0.2, -0.15) is 0 Å². The average Bonchev–Trinajstić information content (AvgIpc) is 3.36. The normalized spacial score (nSPS) is 18.4. The van der Waals surface area contributed by atoms with Crippen molar-refractivity contribution in [1.29, 1.82) is 0 Å². The molecule has 0 aliphatic heterocycles. The minimum Gasteiger partial charge on any atom is -0.507 e. The second-order valence-electron chi connectivity index (χ2n) is 6.09. The molecule has 2 aromatic rings. The van der Waals surface area contributed by atoms with Gasteiger partial charge in [0, 0.05) is 34.6 Å². The number of primary amides is 1. The number of nitrogens with zero attached hydrogens (tertiary/aromatic N) is 2. The molecular weight excluding hydrogens is 405 g/mol. The number of ketones is 1. The van der Waals surface area contributed by atoms with Crippen molar-refractivity contribution in [1.82, 2.24) is 4.98 Å². The van der Waals surface area contributed by atoms with Crippen molar-refractivity contribution < 1.29 is 19.1 Å². The fourth-order valence-corrected chi connectivity index (χ4v) is 3.32. The van der Waals surface area contributed by atoms with E-state index in [0.29, 0.717) is 12.2 Å².